The summed E-state index contributed by atoms with van der Waals surface area (Å²) in [6.45, 7) is 0.972. The summed E-state index contributed by atoms with van der Waals surface area (Å²) in [4.78, 5) is 14.7. The number of quaternary nitrogens is 1. The zero-order chi connectivity index (χ0) is 8.48. The van der Waals surface area contributed by atoms with Crippen molar-refractivity contribution in [2.24, 2.45) is 0 Å². The Morgan fingerprint density at radius 2 is 2.27 bits per heavy atom. The van der Waals surface area contributed by atoms with Gasteiger partial charge in [0.1, 0.15) is 0 Å². The van der Waals surface area contributed by atoms with E-state index in [-0.39, 0.29) is 6.04 Å². The van der Waals surface area contributed by atoms with Gasteiger partial charge in [0.2, 0.25) is 0 Å². The van der Waals surface area contributed by atoms with E-state index in [1.165, 1.54) is 0 Å². The molecule has 0 radical (unpaired) electrons. The quantitative estimate of drug-likeness (QED) is 0.339. The average molecular weight is 160 g/mol. The second kappa shape index (κ2) is 2.79. The molecule has 1 fully saturated rings. The van der Waals surface area contributed by atoms with Crippen molar-refractivity contribution in [3.63, 3.8) is 0 Å². The van der Waals surface area contributed by atoms with Gasteiger partial charge in [-0.1, -0.05) is 0 Å². The molecule has 1 heterocycles. The third-order valence-electron chi connectivity index (χ3n) is 2.42. The highest BCUT2D eigenvalue weighted by Crippen LogP contribution is 2.22. The van der Waals surface area contributed by atoms with Crippen molar-refractivity contribution in [2.75, 3.05) is 20.6 Å². The highest BCUT2D eigenvalue weighted by Gasteiger charge is 2.41. The van der Waals surface area contributed by atoms with Gasteiger partial charge in [-0.25, -0.2) is 4.79 Å². The molecular formula is C7H14NO3+. The van der Waals surface area contributed by atoms with E-state index < -0.39 is 5.97 Å². The second-order valence-electron chi connectivity index (χ2n) is 3.57. The molecule has 4 nitrogen and oxygen atoms in total. The molecular weight excluding hydrogens is 146 g/mol. The predicted octanol–water partition coefficient (Wildman–Crippen LogP) is 0.241. The van der Waals surface area contributed by atoms with E-state index >= 15 is 0 Å². The standard InChI is InChI=1S/C7H13NO3/c1-8(2)5-3-4-6(8)7(9)11-10/h6H,3-5H2,1-2H3/p+1/t6-/m0/s1. The molecule has 1 N–H and O–H groups in total. The van der Waals surface area contributed by atoms with Gasteiger partial charge in [0.05, 0.1) is 20.6 Å². The van der Waals surface area contributed by atoms with Crippen LogP contribution in [-0.4, -0.2) is 42.4 Å². The van der Waals surface area contributed by atoms with Crippen molar-refractivity contribution < 1.29 is 19.4 Å². The Morgan fingerprint density at radius 3 is 2.64 bits per heavy atom. The Bertz CT molecular complexity index is 167. The predicted molar refractivity (Wildman–Crippen MR) is 38.7 cm³/mol. The summed E-state index contributed by atoms with van der Waals surface area (Å²) in [5, 5.41) is 8.17. The summed E-state index contributed by atoms with van der Waals surface area (Å²) >= 11 is 0. The molecule has 0 aromatic carbocycles. The second-order valence-corrected chi connectivity index (χ2v) is 3.57. The van der Waals surface area contributed by atoms with Gasteiger partial charge in [-0.3, -0.25) is 4.89 Å². The highest BCUT2D eigenvalue weighted by molar-refractivity contribution is 5.74. The minimum absolute atomic E-state index is 0.181. The van der Waals surface area contributed by atoms with Crippen molar-refractivity contribution in [1.82, 2.24) is 0 Å². The lowest BCUT2D eigenvalue weighted by Gasteiger charge is -2.28. The Labute approximate surface area is 65.9 Å². The maximum absolute atomic E-state index is 10.9. The zero-order valence-corrected chi connectivity index (χ0v) is 6.91. The minimum atomic E-state index is -0.507. The molecule has 1 aliphatic rings. The molecule has 0 saturated carbocycles. The SMILES string of the molecule is C[N+]1(C)CCC[C@H]1C(=O)OO. The molecule has 0 aromatic rings. The lowest BCUT2D eigenvalue weighted by atomic mass is 10.2. The lowest BCUT2D eigenvalue weighted by Crippen LogP contribution is -2.48. The van der Waals surface area contributed by atoms with Crippen LogP contribution in [0.25, 0.3) is 0 Å². The number of likely N-dealkylation sites (tertiary alicyclic amines) is 1. The fourth-order valence-electron chi connectivity index (χ4n) is 1.66. The first kappa shape index (κ1) is 8.49. The monoisotopic (exact) mass is 160 g/mol. The minimum Gasteiger partial charge on any atom is -0.317 e. The first-order valence-electron chi connectivity index (χ1n) is 3.76. The van der Waals surface area contributed by atoms with Crippen LogP contribution in [0, 0.1) is 0 Å². The Kier molecular flexibility index (Phi) is 2.15. The van der Waals surface area contributed by atoms with E-state index in [0.29, 0.717) is 4.48 Å². The van der Waals surface area contributed by atoms with Gasteiger partial charge in [-0.05, 0) is 0 Å². The summed E-state index contributed by atoms with van der Waals surface area (Å²) in [6.07, 6.45) is 1.83. The normalized spacial score (nSPS) is 28.5. The number of hydrogen-bond acceptors (Lipinski definition) is 3. The summed E-state index contributed by atoms with van der Waals surface area (Å²) in [7, 11) is 3.93. The molecule has 11 heavy (non-hydrogen) atoms. The molecule has 1 atom stereocenters. The first-order valence-corrected chi connectivity index (χ1v) is 3.76. The Balaban J connectivity index is 2.64. The van der Waals surface area contributed by atoms with Crippen molar-refractivity contribution in [3.05, 3.63) is 0 Å². The number of rotatable bonds is 1. The number of hydrogen-bond donors (Lipinski definition) is 1. The number of carbonyl (C=O) groups excluding carboxylic acids is 1. The molecule has 0 aliphatic carbocycles. The van der Waals surface area contributed by atoms with Crippen LogP contribution in [0.4, 0.5) is 0 Å². The fourth-order valence-corrected chi connectivity index (χ4v) is 1.66. The van der Waals surface area contributed by atoms with E-state index in [2.05, 4.69) is 4.89 Å². The van der Waals surface area contributed by atoms with E-state index in [1.54, 1.807) is 0 Å². The van der Waals surface area contributed by atoms with Crippen LogP contribution >= 0.6 is 0 Å². The summed E-state index contributed by atoms with van der Waals surface area (Å²) < 4.78 is 0.624. The van der Waals surface area contributed by atoms with E-state index in [4.69, 9.17) is 5.26 Å². The molecule has 1 aliphatic heterocycles. The number of likely N-dealkylation sites (N-methyl/N-ethyl adjacent to an activating group) is 1. The summed E-state index contributed by atoms with van der Waals surface area (Å²) in [6, 6.07) is -0.181. The number of nitrogens with zero attached hydrogens (tertiary/aromatic N) is 1. The molecule has 1 rings (SSSR count). The lowest BCUT2D eigenvalue weighted by molar-refractivity contribution is -0.894. The van der Waals surface area contributed by atoms with Crippen LogP contribution in [0.1, 0.15) is 12.8 Å². The maximum Gasteiger partial charge on any atom is 0.398 e. The van der Waals surface area contributed by atoms with Crippen molar-refractivity contribution in [2.45, 2.75) is 18.9 Å². The van der Waals surface area contributed by atoms with Gasteiger partial charge in [0.25, 0.3) is 0 Å². The average Bonchev–Trinajstić information content (AvgIpc) is 2.28. The smallest absolute Gasteiger partial charge is 0.317 e. The highest BCUT2D eigenvalue weighted by atomic mass is 17.1. The zero-order valence-electron chi connectivity index (χ0n) is 6.91. The van der Waals surface area contributed by atoms with E-state index in [1.807, 2.05) is 14.1 Å². The topological polar surface area (TPSA) is 46.5 Å². The third kappa shape index (κ3) is 1.52. The van der Waals surface area contributed by atoms with Crippen LogP contribution in [0.15, 0.2) is 0 Å². The Hall–Kier alpha value is -0.610. The molecule has 0 spiro atoms. The largest absolute Gasteiger partial charge is 0.398 e. The molecule has 1 saturated heterocycles. The van der Waals surface area contributed by atoms with Crippen molar-refractivity contribution >= 4 is 5.97 Å². The van der Waals surface area contributed by atoms with E-state index in [0.717, 1.165) is 19.4 Å². The maximum atomic E-state index is 10.9. The molecule has 4 heteroatoms. The van der Waals surface area contributed by atoms with Crippen LogP contribution < -0.4 is 0 Å². The van der Waals surface area contributed by atoms with Crippen molar-refractivity contribution in [3.8, 4) is 0 Å². The molecule has 0 amide bonds. The van der Waals surface area contributed by atoms with Gasteiger partial charge < -0.3 is 4.48 Å². The van der Waals surface area contributed by atoms with Gasteiger partial charge in [-0.15, -0.1) is 0 Å². The van der Waals surface area contributed by atoms with Crippen LogP contribution in [0.5, 0.6) is 0 Å². The van der Waals surface area contributed by atoms with Crippen molar-refractivity contribution in [1.29, 1.82) is 0 Å². The molecule has 0 aromatic heterocycles. The van der Waals surface area contributed by atoms with Gasteiger partial charge >= 0.3 is 5.97 Å². The van der Waals surface area contributed by atoms with Gasteiger partial charge in [0.15, 0.2) is 6.04 Å². The van der Waals surface area contributed by atoms with Gasteiger partial charge in [-0.2, -0.15) is 5.26 Å². The first-order chi connectivity index (χ1) is 5.08. The molecule has 0 bridgehead atoms. The summed E-state index contributed by atoms with van der Waals surface area (Å²) in [5.41, 5.74) is 0. The molecule has 64 valence electrons. The molecule has 0 unspecified atom stereocenters. The number of carbonyl (C=O) groups is 1. The van der Waals surface area contributed by atoms with Gasteiger partial charge in [0, 0.05) is 12.8 Å². The van der Waals surface area contributed by atoms with Crippen LogP contribution in [-0.2, 0) is 9.68 Å². The Morgan fingerprint density at radius 1 is 1.64 bits per heavy atom. The fraction of sp³-hybridized carbons (Fsp3) is 0.857. The van der Waals surface area contributed by atoms with E-state index in [9.17, 15) is 4.79 Å². The van der Waals surface area contributed by atoms with Crippen LogP contribution in [0.3, 0.4) is 0 Å². The van der Waals surface area contributed by atoms with Crippen LogP contribution in [0.2, 0.25) is 0 Å². The summed E-state index contributed by atoms with van der Waals surface area (Å²) in [5.74, 6) is -0.507. The third-order valence-corrected chi connectivity index (χ3v) is 2.42.